The highest BCUT2D eigenvalue weighted by molar-refractivity contribution is 7.15. The Morgan fingerprint density at radius 1 is 1.11 bits per heavy atom. The van der Waals surface area contributed by atoms with Crippen molar-refractivity contribution in [3.8, 4) is 16.3 Å². The van der Waals surface area contributed by atoms with Crippen LogP contribution in [0.4, 0.5) is 13.2 Å². The number of rotatable bonds is 9. The van der Waals surface area contributed by atoms with E-state index >= 15 is 0 Å². The molecule has 0 atom stereocenters. The number of thiazole rings is 1. The second-order valence-corrected chi connectivity index (χ2v) is 10.4. The summed E-state index contributed by atoms with van der Waals surface area (Å²) < 4.78 is 44.0. The van der Waals surface area contributed by atoms with Crippen LogP contribution >= 0.6 is 11.3 Å². The van der Waals surface area contributed by atoms with Crippen LogP contribution in [0.5, 0.6) is 5.75 Å². The second-order valence-electron chi connectivity index (χ2n) is 9.35. The Morgan fingerprint density at radius 2 is 1.82 bits per heavy atom. The number of alkyl halides is 3. The van der Waals surface area contributed by atoms with E-state index in [1.54, 1.807) is 6.07 Å². The van der Waals surface area contributed by atoms with Gasteiger partial charge in [-0.05, 0) is 62.6 Å². The van der Waals surface area contributed by atoms with Crippen LogP contribution in [0.3, 0.4) is 0 Å². The van der Waals surface area contributed by atoms with Crippen molar-refractivity contribution in [2.75, 3.05) is 6.61 Å². The van der Waals surface area contributed by atoms with Crippen LogP contribution in [-0.4, -0.2) is 28.4 Å². The average molecular weight is 547 g/mol. The fourth-order valence-electron chi connectivity index (χ4n) is 4.50. The van der Waals surface area contributed by atoms with Crippen molar-refractivity contribution in [1.29, 1.82) is 0 Å². The van der Waals surface area contributed by atoms with E-state index in [1.807, 2.05) is 26.0 Å². The van der Waals surface area contributed by atoms with E-state index < -0.39 is 24.3 Å². The molecule has 1 aliphatic rings. The first kappa shape index (κ1) is 27.6. The van der Waals surface area contributed by atoms with Gasteiger partial charge >= 0.3 is 12.1 Å². The van der Waals surface area contributed by atoms with Gasteiger partial charge in [-0.3, -0.25) is 0 Å². The average Bonchev–Trinajstić information content (AvgIpc) is 3.26. The molecule has 1 N–H and O–H groups in total. The van der Waals surface area contributed by atoms with Crippen molar-refractivity contribution in [1.82, 2.24) is 4.98 Å². The highest BCUT2D eigenvalue weighted by Gasteiger charge is 2.30. The molecule has 1 aliphatic carbocycles. The summed E-state index contributed by atoms with van der Waals surface area (Å²) >= 11 is 1.37. The zero-order valence-electron chi connectivity index (χ0n) is 21.2. The number of carbonyl (C=O) groups is 1. The van der Waals surface area contributed by atoms with Crippen LogP contribution in [0, 0.1) is 19.8 Å². The van der Waals surface area contributed by atoms with Gasteiger partial charge in [0.1, 0.15) is 10.8 Å². The Morgan fingerprint density at radius 3 is 2.45 bits per heavy atom. The lowest BCUT2D eigenvalue weighted by Crippen LogP contribution is -2.20. The summed E-state index contributed by atoms with van der Waals surface area (Å²) in [4.78, 5) is 22.1. The van der Waals surface area contributed by atoms with Crippen molar-refractivity contribution < 1.29 is 32.6 Å². The Kier molecular flexibility index (Phi) is 8.71. The Hall–Kier alpha value is -3.40. The molecule has 202 valence electrons. The summed E-state index contributed by atoms with van der Waals surface area (Å²) in [7, 11) is 0. The normalized spacial score (nSPS) is 14.9. The van der Waals surface area contributed by atoms with E-state index in [0.717, 1.165) is 65.2 Å². The van der Waals surface area contributed by atoms with Crippen LogP contribution in [0.25, 0.3) is 10.6 Å². The van der Waals surface area contributed by atoms with Crippen LogP contribution in [0.2, 0.25) is 0 Å². The maximum atomic E-state index is 12.9. The first-order chi connectivity index (χ1) is 18.1. The van der Waals surface area contributed by atoms with Crippen molar-refractivity contribution in [3.05, 3.63) is 69.7 Å². The zero-order valence-corrected chi connectivity index (χ0v) is 22.0. The van der Waals surface area contributed by atoms with E-state index in [1.165, 1.54) is 29.9 Å². The number of aliphatic carboxylic acids is 1. The molecular weight excluding hydrogens is 517 g/mol. The van der Waals surface area contributed by atoms with E-state index in [9.17, 15) is 18.0 Å². The largest absolute Gasteiger partial charge is 0.482 e. The number of hydrogen-bond acceptors (Lipinski definition) is 6. The van der Waals surface area contributed by atoms with Gasteiger partial charge in [0.15, 0.2) is 13.2 Å². The Labute approximate surface area is 223 Å². The van der Waals surface area contributed by atoms with Crippen molar-refractivity contribution in [2.24, 2.45) is 11.1 Å². The van der Waals surface area contributed by atoms with Gasteiger partial charge in [0.05, 0.1) is 21.8 Å². The first-order valence-corrected chi connectivity index (χ1v) is 13.2. The first-order valence-electron chi connectivity index (χ1n) is 12.4. The van der Waals surface area contributed by atoms with E-state index in [4.69, 9.17) is 14.7 Å². The predicted octanol–water partition coefficient (Wildman–Crippen LogP) is 7.41. The molecular formula is C28H29F3N2O4S. The van der Waals surface area contributed by atoms with Gasteiger partial charge < -0.3 is 14.7 Å². The predicted molar refractivity (Wildman–Crippen MR) is 139 cm³/mol. The molecule has 0 spiro atoms. The molecule has 0 bridgehead atoms. The summed E-state index contributed by atoms with van der Waals surface area (Å²) in [6.07, 6.45) is 1.07. The number of halogens is 3. The quantitative estimate of drug-likeness (QED) is 0.223. The highest BCUT2D eigenvalue weighted by atomic mass is 32.1. The lowest BCUT2D eigenvalue weighted by atomic mass is 9.83. The van der Waals surface area contributed by atoms with E-state index in [2.05, 4.69) is 10.1 Å². The molecule has 0 amide bonds. The molecule has 0 radical (unpaired) electrons. The third kappa shape index (κ3) is 6.92. The number of carboxylic acid groups (broad SMARTS) is 1. The van der Waals surface area contributed by atoms with Gasteiger partial charge in [0.25, 0.3) is 0 Å². The molecule has 38 heavy (non-hydrogen) atoms. The summed E-state index contributed by atoms with van der Waals surface area (Å²) in [6.45, 7) is 3.49. The number of hydrogen-bond donors (Lipinski definition) is 1. The number of aryl methyl sites for hydroxylation is 2. The molecule has 3 aromatic rings. The summed E-state index contributed by atoms with van der Waals surface area (Å²) in [6, 6.07) is 10.5. The molecule has 4 rings (SSSR count). The number of oxime groups is 1. The van der Waals surface area contributed by atoms with Crippen molar-refractivity contribution >= 4 is 23.0 Å². The lowest BCUT2D eigenvalue weighted by Gasteiger charge is -2.23. The van der Waals surface area contributed by atoms with E-state index in [-0.39, 0.29) is 12.5 Å². The minimum atomic E-state index is -4.38. The van der Waals surface area contributed by atoms with Gasteiger partial charge in [-0.2, -0.15) is 13.2 Å². The number of nitrogens with zero attached hydrogens (tertiary/aromatic N) is 2. The molecule has 0 unspecified atom stereocenters. The SMILES string of the molecule is Cc1cc(/C(=N/OCc2sc(-c3ccc(C(F)(F)F)cc3)nc2C)C2CCCCC2)ccc1OCC(=O)O. The Balaban J connectivity index is 1.51. The van der Waals surface area contributed by atoms with Gasteiger partial charge in [-0.25, -0.2) is 9.78 Å². The third-order valence-corrected chi connectivity index (χ3v) is 7.70. The number of carboxylic acids is 1. The van der Waals surface area contributed by atoms with Crippen LogP contribution in [0.1, 0.15) is 59.4 Å². The van der Waals surface area contributed by atoms with Crippen molar-refractivity contribution in [2.45, 2.75) is 58.7 Å². The molecule has 0 saturated heterocycles. The molecule has 1 aromatic heterocycles. The minimum absolute atomic E-state index is 0.194. The second kappa shape index (κ2) is 12.0. The molecule has 10 heteroatoms. The molecule has 6 nitrogen and oxygen atoms in total. The van der Waals surface area contributed by atoms with Gasteiger partial charge in [-0.15, -0.1) is 11.3 Å². The van der Waals surface area contributed by atoms with Gasteiger partial charge in [-0.1, -0.05) is 36.6 Å². The smallest absolute Gasteiger partial charge is 0.416 e. The molecule has 1 heterocycles. The maximum Gasteiger partial charge on any atom is 0.416 e. The maximum absolute atomic E-state index is 12.9. The molecule has 2 aromatic carbocycles. The highest BCUT2D eigenvalue weighted by Crippen LogP contribution is 2.34. The van der Waals surface area contributed by atoms with Crippen molar-refractivity contribution in [3.63, 3.8) is 0 Å². The third-order valence-electron chi connectivity index (χ3n) is 6.52. The number of ether oxygens (including phenoxy) is 1. The monoisotopic (exact) mass is 546 g/mol. The Bertz CT molecular complexity index is 1300. The lowest BCUT2D eigenvalue weighted by molar-refractivity contribution is -0.139. The zero-order chi connectivity index (χ0) is 27.3. The minimum Gasteiger partial charge on any atom is -0.482 e. The standard InChI is InChI=1S/C28H29F3N2O4S/c1-17-14-21(10-13-23(17)36-16-25(34)35)26(19-6-4-3-5-7-19)33-37-15-24-18(2)32-27(38-24)20-8-11-22(12-9-20)28(29,30)31/h8-14,19H,3-7,15-16H2,1-2H3,(H,34,35)/b33-26+. The number of aromatic nitrogens is 1. The summed E-state index contributed by atoms with van der Waals surface area (Å²) in [5.74, 6) is -0.276. The van der Waals surface area contributed by atoms with Crippen LogP contribution < -0.4 is 4.74 Å². The fraction of sp³-hybridized carbons (Fsp3) is 0.393. The molecule has 1 fully saturated rings. The van der Waals surface area contributed by atoms with Gasteiger partial charge in [0, 0.05) is 17.0 Å². The van der Waals surface area contributed by atoms with E-state index in [0.29, 0.717) is 16.3 Å². The molecule has 0 aliphatic heterocycles. The fourth-order valence-corrected chi connectivity index (χ4v) is 5.47. The molecule has 1 saturated carbocycles. The topological polar surface area (TPSA) is 81.0 Å². The summed E-state index contributed by atoms with van der Waals surface area (Å²) in [5.41, 5.74) is 3.23. The van der Waals surface area contributed by atoms with Gasteiger partial charge in [0.2, 0.25) is 0 Å². The van der Waals surface area contributed by atoms with Crippen LogP contribution in [-0.2, 0) is 22.4 Å². The summed E-state index contributed by atoms with van der Waals surface area (Å²) in [5, 5.41) is 14.1. The van der Waals surface area contributed by atoms with Crippen LogP contribution in [0.15, 0.2) is 47.6 Å². The number of benzene rings is 2.